The van der Waals surface area contributed by atoms with Crippen molar-refractivity contribution >= 4 is 11.8 Å². The zero-order valence-electron chi connectivity index (χ0n) is 14.3. The molecule has 8 nitrogen and oxygen atoms in total. The number of aromatic nitrogens is 2. The van der Waals surface area contributed by atoms with Crippen LogP contribution in [0.15, 0.2) is 28.9 Å². The Kier molecular flexibility index (Phi) is 5.18. The lowest BCUT2D eigenvalue weighted by Gasteiger charge is -2.32. The number of piperidine rings is 1. The van der Waals surface area contributed by atoms with Gasteiger partial charge in [0.15, 0.2) is 0 Å². The van der Waals surface area contributed by atoms with Gasteiger partial charge >= 0.3 is 0 Å². The Bertz CT molecular complexity index is 724. The minimum absolute atomic E-state index is 0.0551. The predicted molar refractivity (Wildman–Crippen MR) is 90.7 cm³/mol. The van der Waals surface area contributed by atoms with Crippen LogP contribution in [-0.4, -0.2) is 58.5 Å². The van der Waals surface area contributed by atoms with Crippen molar-refractivity contribution in [3.8, 4) is 0 Å². The molecule has 0 aliphatic carbocycles. The van der Waals surface area contributed by atoms with Crippen molar-refractivity contribution in [2.75, 3.05) is 26.7 Å². The first-order valence-electron chi connectivity index (χ1n) is 8.36. The number of nitrogens with one attached hydrogen (secondary N) is 1. The Labute approximate surface area is 146 Å². The predicted octanol–water partition coefficient (Wildman–Crippen LogP) is 0.940. The Morgan fingerprint density at radius 1 is 1.52 bits per heavy atom. The zero-order chi connectivity index (χ0) is 17.8. The van der Waals surface area contributed by atoms with Gasteiger partial charge in [0, 0.05) is 25.2 Å². The number of furan rings is 1. The first-order valence-corrected chi connectivity index (χ1v) is 8.36. The maximum Gasteiger partial charge on any atom is 0.269 e. The van der Waals surface area contributed by atoms with E-state index in [1.54, 1.807) is 24.3 Å². The third kappa shape index (κ3) is 4.27. The Morgan fingerprint density at radius 2 is 2.36 bits per heavy atom. The summed E-state index contributed by atoms with van der Waals surface area (Å²) >= 11 is 0. The number of likely N-dealkylation sites (tertiary alicyclic amines) is 1. The van der Waals surface area contributed by atoms with Gasteiger partial charge in [0.25, 0.3) is 5.91 Å². The van der Waals surface area contributed by atoms with Gasteiger partial charge in [-0.3, -0.25) is 19.6 Å². The largest absolute Gasteiger partial charge is 0.467 e. The summed E-state index contributed by atoms with van der Waals surface area (Å²) in [5.74, 6) is 0.505. The van der Waals surface area contributed by atoms with Crippen molar-refractivity contribution in [1.82, 2.24) is 20.0 Å². The van der Waals surface area contributed by atoms with Gasteiger partial charge in [-0.05, 0) is 37.6 Å². The summed E-state index contributed by atoms with van der Waals surface area (Å²) < 4.78 is 5.28. The normalized spacial score (nSPS) is 18.2. The molecule has 2 amide bonds. The van der Waals surface area contributed by atoms with Gasteiger partial charge in [0.05, 0.1) is 19.4 Å². The minimum Gasteiger partial charge on any atom is -0.467 e. The average Bonchev–Trinajstić information content (AvgIpc) is 3.26. The van der Waals surface area contributed by atoms with Crippen LogP contribution in [0.2, 0.25) is 0 Å². The molecule has 1 fully saturated rings. The summed E-state index contributed by atoms with van der Waals surface area (Å²) in [4.78, 5) is 27.4. The smallest absolute Gasteiger partial charge is 0.269 e. The molecule has 0 saturated carbocycles. The highest BCUT2D eigenvalue weighted by Crippen LogP contribution is 2.25. The number of hydrogen-bond acceptors (Lipinski definition) is 5. The maximum absolute atomic E-state index is 12.4. The molecule has 0 aromatic carbocycles. The highest BCUT2D eigenvalue weighted by Gasteiger charge is 2.25. The van der Waals surface area contributed by atoms with Crippen molar-refractivity contribution in [2.45, 2.75) is 25.3 Å². The Balaban J connectivity index is 1.55. The van der Waals surface area contributed by atoms with Crippen LogP contribution >= 0.6 is 0 Å². The van der Waals surface area contributed by atoms with Crippen LogP contribution in [0.5, 0.6) is 0 Å². The van der Waals surface area contributed by atoms with E-state index in [4.69, 9.17) is 10.2 Å². The molecule has 3 rings (SSSR count). The van der Waals surface area contributed by atoms with Gasteiger partial charge in [-0.1, -0.05) is 0 Å². The minimum atomic E-state index is -0.537. The number of nitrogens with zero attached hydrogens (tertiary/aromatic N) is 3. The van der Waals surface area contributed by atoms with Gasteiger partial charge in [-0.25, -0.2) is 0 Å². The second kappa shape index (κ2) is 7.52. The van der Waals surface area contributed by atoms with Crippen LogP contribution < -0.4 is 5.73 Å². The number of nitrogens with two attached hydrogens (primary N) is 1. The summed E-state index contributed by atoms with van der Waals surface area (Å²) in [6.07, 6.45) is 3.59. The first kappa shape index (κ1) is 17.2. The number of likely N-dealkylation sites (N-methyl/N-ethyl adjacent to an activating group) is 1. The number of rotatable bonds is 6. The molecule has 1 saturated heterocycles. The van der Waals surface area contributed by atoms with Crippen molar-refractivity contribution in [3.05, 3.63) is 41.6 Å². The molecule has 8 heteroatoms. The summed E-state index contributed by atoms with van der Waals surface area (Å²) in [5.41, 5.74) is 6.40. The van der Waals surface area contributed by atoms with Crippen LogP contribution in [0, 0.1) is 0 Å². The van der Waals surface area contributed by atoms with E-state index in [0.29, 0.717) is 13.1 Å². The van der Waals surface area contributed by atoms with Gasteiger partial charge < -0.3 is 15.1 Å². The Morgan fingerprint density at radius 3 is 3.04 bits per heavy atom. The molecule has 3 N–H and O–H groups in total. The summed E-state index contributed by atoms with van der Waals surface area (Å²) in [7, 11) is 1.78. The second-order valence-corrected chi connectivity index (χ2v) is 6.48. The highest BCUT2D eigenvalue weighted by molar-refractivity contribution is 5.90. The zero-order valence-corrected chi connectivity index (χ0v) is 14.3. The van der Waals surface area contributed by atoms with Crippen LogP contribution in [0.3, 0.4) is 0 Å². The number of carbonyl (C=O) groups excluding carboxylic acids is 2. The molecule has 1 aliphatic heterocycles. The number of aromatic amines is 1. The van der Waals surface area contributed by atoms with Crippen LogP contribution in [-0.2, 0) is 11.3 Å². The number of amides is 2. The van der Waals surface area contributed by atoms with E-state index in [9.17, 15) is 9.59 Å². The standard InChI is InChI=1S/C17H23N5O3/c1-21(10-13-5-3-7-25-13)16(23)11-22-6-2-4-12(9-22)14-8-15(17(18)24)20-19-14/h3,5,7-8,12H,2,4,6,9-11H2,1H3,(H2,18,24)(H,19,20). The van der Waals surface area contributed by atoms with E-state index in [0.717, 1.165) is 37.4 Å². The average molecular weight is 345 g/mol. The molecule has 134 valence electrons. The molecule has 3 heterocycles. The lowest BCUT2D eigenvalue weighted by Crippen LogP contribution is -2.42. The van der Waals surface area contributed by atoms with E-state index in [1.807, 2.05) is 12.1 Å². The molecular formula is C17H23N5O3. The molecule has 2 aromatic rings. The number of H-pyrrole nitrogens is 1. The number of carbonyl (C=O) groups is 2. The van der Waals surface area contributed by atoms with Gasteiger partial charge in [-0.2, -0.15) is 5.10 Å². The maximum atomic E-state index is 12.4. The summed E-state index contributed by atoms with van der Waals surface area (Å²) in [6.45, 7) is 2.46. The third-order valence-corrected chi connectivity index (χ3v) is 4.55. The van der Waals surface area contributed by atoms with Gasteiger partial charge in [-0.15, -0.1) is 0 Å². The van der Waals surface area contributed by atoms with E-state index < -0.39 is 5.91 Å². The fourth-order valence-electron chi connectivity index (χ4n) is 3.16. The summed E-state index contributed by atoms with van der Waals surface area (Å²) in [5, 5.41) is 6.84. The van der Waals surface area contributed by atoms with Crippen LogP contribution in [0.25, 0.3) is 0 Å². The first-order chi connectivity index (χ1) is 12.0. The molecule has 1 atom stereocenters. The molecule has 0 radical (unpaired) electrons. The van der Waals surface area contributed by atoms with Gasteiger partial charge in [0.2, 0.25) is 5.91 Å². The van der Waals surface area contributed by atoms with E-state index in [-0.39, 0.29) is 17.5 Å². The third-order valence-electron chi connectivity index (χ3n) is 4.55. The lowest BCUT2D eigenvalue weighted by molar-refractivity contribution is -0.132. The topological polar surface area (TPSA) is 108 Å². The highest BCUT2D eigenvalue weighted by atomic mass is 16.3. The molecule has 0 spiro atoms. The molecular weight excluding hydrogens is 322 g/mol. The fourth-order valence-corrected chi connectivity index (χ4v) is 3.16. The van der Waals surface area contributed by atoms with Gasteiger partial charge in [0.1, 0.15) is 11.5 Å². The van der Waals surface area contributed by atoms with Crippen molar-refractivity contribution in [3.63, 3.8) is 0 Å². The number of hydrogen-bond donors (Lipinski definition) is 2. The van der Waals surface area contributed by atoms with Crippen LogP contribution in [0.4, 0.5) is 0 Å². The SMILES string of the molecule is CN(Cc1ccco1)C(=O)CN1CCCC(c2cc(C(N)=O)n[nH]2)C1. The Hall–Kier alpha value is -2.61. The van der Waals surface area contributed by atoms with Crippen LogP contribution in [0.1, 0.15) is 40.7 Å². The molecule has 1 aliphatic rings. The van der Waals surface area contributed by atoms with Crippen molar-refractivity contribution in [1.29, 1.82) is 0 Å². The van der Waals surface area contributed by atoms with Crippen molar-refractivity contribution < 1.29 is 14.0 Å². The van der Waals surface area contributed by atoms with E-state index in [1.165, 1.54) is 0 Å². The molecule has 1 unspecified atom stereocenters. The van der Waals surface area contributed by atoms with Crippen molar-refractivity contribution in [2.24, 2.45) is 5.73 Å². The number of primary amides is 1. The van der Waals surface area contributed by atoms with E-state index in [2.05, 4.69) is 15.1 Å². The quantitative estimate of drug-likeness (QED) is 0.810. The second-order valence-electron chi connectivity index (χ2n) is 6.48. The monoisotopic (exact) mass is 345 g/mol. The lowest BCUT2D eigenvalue weighted by atomic mass is 9.94. The van der Waals surface area contributed by atoms with E-state index >= 15 is 0 Å². The molecule has 0 bridgehead atoms. The fraction of sp³-hybridized carbons (Fsp3) is 0.471. The summed E-state index contributed by atoms with van der Waals surface area (Å²) in [6, 6.07) is 5.38. The molecule has 2 aromatic heterocycles. The molecule has 25 heavy (non-hydrogen) atoms.